The van der Waals surface area contributed by atoms with Gasteiger partial charge in [-0.15, -0.1) is 0 Å². The highest BCUT2D eigenvalue weighted by Gasteiger charge is 2.18. The van der Waals surface area contributed by atoms with Crippen LogP contribution in [0.15, 0.2) is 51.9 Å². The van der Waals surface area contributed by atoms with Crippen molar-refractivity contribution in [1.82, 2.24) is 0 Å². The fourth-order valence-corrected chi connectivity index (χ4v) is 2.43. The molecule has 0 fully saturated rings. The summed E-state index contributed by atoms with van der Waals surface area (Å²) in [5, 5.41) is 11.0. The van der Waals surface area contributed by atoms with Crippen LogP contribution in [0.2, 0.25) is 10.0 Å². The van der Waals surface area contributed by atoms with Crippen molar-refractivity contribution in [2.45, 2.75) is 0 Å². The average molecular weight is 380 g/mol. The van der Waals surface area contributed by atoms with Crippen molar-refractivity contribution in [3.63, 3.8) is 0 Å². The maximum Gasteiger partial charge on any atom is 0.343 e. The second kappa shape index (κ2) is 6.54. The van der Waals surface area contributed by atoms with Gasteiger partial charge in [0.25, 0.3) is 5.69 Å². The standard InChI is InChI=1S/C16H7Cl2NO6/c17-11-4-1-8(5-13(11)19(22)23)16(21)25-9-2-3-10-14(6-9)24-7-12(18)15(10)20/h1-7H. The Morgan fingerprint density at radius 2 is 1.88 bits per heavy atom. The number of carbonyl (C=O) groups excluding carboxylic acids is 1. The number of nitrogens with zero attached hydrogens (tertiary/aromatic N) is 1. The highest BCUT2D eigenvalue weighted by Crippen LogP contribution is 2.26. The monoisotopic (exact) mass is 379 g/mol. The molecule has 0 aliphatic rings. The van der Waals surface area contributed by atoms with Crippen LogP contribution in [0.1, 0.15) is 10.4 Å². The fraction of sp³-hybridized carbons (Fsp3) is 0. The zero-order chi connectivity index (χ0) is 18.1. The third-order valence-corrected chi connectivity index (χ3v) is 3.87. The van der Waals surface area contributed by atoms with Gasteiger partial charge < -0.3 is 9.15 Å². The molecule has 0 amide bonds. The summed E-state index contributed by atoms with van der Waals surface area (Å²) >= 11 is 11.4. The SMILES string of the molecule is O=C(Oc1ccc2c(=O)c(Cl)coc2c1)c1ccc(Cl)c([N+](=O)[O-])c1. The number of benzene rings is 2. The Hall–Kier alpha value is -2.90. The van der Waals surface area contributed by atoms with E-state index in [2.05, 4.69) is 0 Å². The third-order valence-electron chi connectivity index (χ3n) is 3.29. The van der Waals surface area contributed by atoms with Crippen LogP contribution in [0.25, 0.3) is 11.0 Å². The molecule has 0 N–H and O–H groups in total. The summed E-state index contributed by atoms with van der Waals surface area (Å²) in [7, 11) is 0. The van der Waals surface area contributed by atoms with Gasteiger partial charge >= 0.3 is 5.97 Å². The molecular formula is C16H7Cl2NO6. The Morgan fingerprint density at radius 3 is 2.60 bits per heavy atom. The van der Waals surface area contributed by atoms with E-state index in [-0.39, 0.29) is 32.3 Å². The molecule has 0 spiro atoms. The minimum Gasteiger partial charge on any atom is -0.462 e. The third kappa shape index (κ3) is 3.33. The lowest BCUT2D eigenvalue weighted by Crippen LogP contribution is -2.09. The molecule has 0 saturated heterocycles. The summed E-state index contributed by atoms with van der Waals surface area (Å²) in [6.45, 7) is 0. The molecule has 3 rings (SSSR count). The van der Waals surface area contributed by atoms with Gasteiger partial charge in [0.1, 0.15) is 27.6 Å². The fourth-order valence-electron chi connectivity index (χ4n) is 2.09. The lowest BCUT2D eigenvalue weighted by Gasteiger charge is -2.06. The average Bonchev–Trinajstić information content (AvgIpc) is 2.58. The summed E-state index contributed by atoms with van der Waals surface area (Å²) in [5.41, 5.74) is -0.681. The van der Waals surface area contributed by atoms with E-state index in [1.54, 1.807) is 0 Å². The van der Waals surface area contributed by atoms with Gasteiger partial charge in [0.15, 0.2) is 0 Å². The van der Waals surface area contributed by atoms with Crippen LogP contribution in [0.3, 0.4) is 0 Å². The van der Waals surface area contributed by atoms with Gasteiger partial charge in [-0.25, -0.2) is 4.79 Å². The molecule has 0 bridgehead atoms. The minimum absolute atomic E-state index is 0.0474. The maximum atomic E-state index is 12.2. The number of rotatable bonds is 3. The van der Waals surface area contributed by atoms with Crippen LogP contribution in [-0.2, 0) is 0 Å². The number of esters is 1. The van der Waals surface area contributed by atoms with E-state index < -0.39 is 22.0 Å². The van der Waals surface area contributed by atoms with Gasteiger partial charge in [-0.3, -0.25) is 14.9 Å². The van der Waals surface area contributed by atoms with Crippen molar-refractivity contribution in [2.75, 3.05) is 0 Å². The number of hydrogen-bond acceptors (Lipinski definition) is 6. The predicted octanol–water partition coefficient (Wildman–Crippen LogP) is 4.23. The van der Waals surface area contributed by atoms with E-state index >= 15 is 0 Å². The van der Waals surface area contributed by atoms with Crippen LogP contribution < -0.4 is 10.2 Å². The van der Waals surface area contributed by atoms with Crippen molar-refractivity contribution in [3.8, 4) is 5.75 Å². The van der Waals surface area contributed by atoms with Crippen molar-refractivity contribution in [3.05, 3.63) is 78.6 Å². The summed E-state index contributed by atoms with van der Waals surface area (Å²) in [6, 6.07) is 7.69. The zero-order valence-electron chi connectivity index (χ0n) is 12.2. The van der Waals surface area contributed by atoms with Crippen LogP contribution in [0.4, 0.5) is 5.69 Å². The molecule has 2 aromatic carbocycles. The van der Waals surface area contributed by atoms with Crippen molar-refractivity contribution >= 4 is 45.8 Å². The summed E-state index contributed by atoms with van der Waals surface area (Å²) in [5.74, 6) is -0.726. The Morgan fingerprint density at radius 1 is 1.12 bits per heavy atom. The van der Waals surface area contributed by atoms with E-state index in [0.29, 0.717) is 0 Å². The van der Waals surface area contributed by atoms with Crippen LogP contribution in [0, 0.1) is 10.1 Å². The molecule has 0 unspecified atom stereocenters. The second-order valence-electron chi connectivity index (χ2n) is 4.88. The summed E-state index contributed by atoms with van der Waals surface area (Å²) < 4.78 is 10.3. The Bertz CT molecular complexity index is 1080. The first-order valence-electron chi connectivity index (χ1n) is 6.74. The van der Waals surface area contributed by atoms with Gasteiger partial charge in [0, 0.05) is 12.1 Å². The quantitative estimate of drug-likeness (QED) is 0.292. The molecule has 0 radical (unpaired) electrons. The number of ether oxygens (including phenoxy) is 1. The van der Waals surface area contributed by atoms with Gasteiger partial charge in [0.05, 0.1) is 15.9 Å². The van der Waals surface area contributed by atoms with Crippen molar-refractivity contribution < 1.29 is 18.9 Å². The van der Waals surface area contributed by atoms with E-state index in [9.17, 15) is 19.7 Å². The maximum absolute atomic E-state index is 12.2. The molecular weight excluding hydrogens is 373 g/mol. The minimum atomic E-state index is -0.824. The Balaban J connectivity index is 1.92. The highest BCUT2D eigenvalue weighted by atomic mass is 35.5. The van der Waals surface area contributed by atoms with Gasteiger partial charge in [-0.2, -0.15) is 0 Å². The topological polar surface area (TPSA) is 99.7 Å². The lowest BCUT2D eigenvalue weighted by molar-refractivity contribution is -0.384. The molecule has 0 atom stereocenters. The molecule has 7 nitrogen and oxygen atoms in total. The second-order valence-corrected chi connectivity index (χ2v) is 5.70. The molecule has 0 saturated carbocycles. The van der Waals surface area contributed by atoms with Gasteiger partial charge in [-0.05, 0) is 24.3 Å². The molecule has 0 aliphatic carbocycles. The molecule has 3 aromatic rings. The number of halogens is 2. The van der Waals surface area contributed by atoms with Crippen LogP contribution >= 0.6 is 23.2 Å². The lowest BCUT2D eigenvalue weighted by atomic mass is 10.2. The van der Waals surface area contributed by atoms with Crippen LogP contribution in [0.5, 0.6) is 5.75 Å². The molecule has 1 aromatic heterocycles. The molecule has 0 aliphatic heterocycles. The van der Waals surface area contributed by atoms with Gasteiger partial charge in [0.2, 0.25) is 5.43 Å². The number of hydrogen-bond donors (Lipinski definition) is 0. The number of nitro benzene ring substituents is 1. The Kier molecular flexibility index (Phi) is 4.43. The van der Waals surface area contributed by atoms with Gasteiger partial charge in [-0.1, -0.05) is 23.2 Å². The first kappa shape index (κ1) is 16.9. The molecule has 25 heavy (non-hydrogen) atoms. The predicted molar refractivity (Wildman–Crippen MR) is 90.6 cm³/mol. The van der Waals surface area contributed by atoms with Crippen molar-refractivity contribution in [1.29, 1.82) is 0 Å². The van der Waals surface area contributed by atoms with E-state index in [1.165, 1.54) is 30.3 Å². The van der Waals surface area contributed by atoms with E-state index in [0.717, 1.165) is 12.3 Å². The molecule has 9 heteroatoms. The highest BCUT2D eigenvalue weighted by molar-refractivity contribution is 6.32. The van der Waals surface area contributed by atoms with E-state index in [1.807, 2.05) is 0 Å². The first-order valence-corrected chi connectivity index (χ1v) is 7.49. The van der Waals surface area contributed by atoms with E-state index in [4.69, 9.17) is 32.4 Å². The summed E-state index contributed by atoms with van der Waals surface area (Å²) in [4.78, 5) is 34.2. The summed E-state index contributed by atoms with van der Waals surface area (Å²) in [6.07, 6.45) is 1.08. The van der Waals surface area contributed by atoms with Crippen LogP contribution in [-0.4, -0.2) is 10.9 Å². The number of carbonyl (C=O) groups is 1. The molecule has 1 heterocycles. The Labute approximate surface area is 149 Å². The normalized spacial score (nSPS) is 10.6. The first-order chi connectivity index (χ1) is 11.9. The van der Waals surface area contributed by atoms with Crippen molar-refractivity contribution in [2.24, 2.45) is 0 Å². The zero-order valence-corrected chi connectivity index (χ0v) is 13.7. The number of fused-ring (bicyclic) bond motifs is 1. The largest absolute Gasteiger partial charge is 0.462 e. The smallest absolute Gasteiger partial charge is 0.343 e. The number of nitro groups is 1. The molecule has 126 valence electrons.